The van der Waals surface area contributed by atoms with Crippen molar-refractivity contribution in [2.75, 3.05) is 0 Å². The molecule has 0 bridgehead atoms. The second-order valence-electron chi connectivity index (χ2n) is 6.06. The van der Waals surface area contributed by atoms with Crippen LogP contribution in [-0.2, 0) is 0 Å². The third-order valence-corrected chi connectivity index (χ3v) is 6.77. The second kappa shape index (κ2) is 8.12. The van der Waals surface area contributed by atoms with Crippen LogP contribution < -0.4 is 21.6 Å². The molecule has 1 amide bonds. The summed E-state index contributed by atoms with van der Waals surface area (Å²) in [4.78, 5) is 12.4. The molecular formula is C23H22NOP. The molecule has 0 aliphatic carbocycles. The molecule has 0 unspecified atom stereocenters. The molecule has 0 heterocycles. The Hall–Kier alpha value is -2.70. The van der Waals surface area contributed by atoms with Gasteiger partial charge in [0.05, 0.1) is 5.56 Å². The largest absolute Gasteiger partial charge is 0.366 e. The van der Waals surface area contributed by atoms with Crippen LogP contribution in [0, 0.1) is 6.92 Å². The third kappa shape index (κ3) is 3.61. The molecule has 0 aliphatic heterocycles. The maximum Gasteiger partial charge on any atom is 0.249 e. The van der Waals surface area contributed by atoms with Crippen LogP contribution in [-0.4, -0.2) is 5.91 Å². The van der Waals surface area contributed by atoms with Crippen LogP contribution in [0.2, 0.25) is 0 Å². The molecule has 0 spiro atoms. The van der Waals surface area contributed by atoms with E-state index in [0.29, 0.717) is 5.56 Å². The van der Waals surface area contributed by atoms with Gasteiger partial charge >= 0.3 is 0 Å². The van der Waals surface area contributed by atoms with Crippen LogP contribution in [0.5, 0.6) is 0 Å². The van der Waals surface area contributed by atoms with Crippen LogP contribution in [0.1, 0.15) is 28.4 Å². The van der Waals surface area contributed by atoms with Gasteiger partial charge in [-0.15, -0.1) is 0 Å². The molecule has 0 atom stereocenters. The van der Waals surface area contributed by atoms with E-state index in [0.717, 1.165) is 16.4 Å². The Morgan fingerprint density at radius 1 is 0.885 bits per heavy atom. The first-order valence-corrected chi connectivity index (χ1v) is 9.94. The number of amides is 1. The normalized spacial score (nSPS) is 11.2. The summed E-state index contributed by atoms with van der Waals surface area (Å²) >= 11 is 0. The van der Waals surface area contributed by atoms with Gasteiger partial charge in [-0.2, -0.15) is 0 Å². The minimum Gasteiger partial charge on any atom is -0.366 e. The standard InChI is InChI=1S/C23H22NOP/c1-3-10-20-17(2)15-16-21(22(20)23(24)25)26(18-11-6-4-7-12-18)19-13-8-5-9-14-19/h3-16H,1-2H3,(H2,24,25)/b10-3+. The number of aryl methyl sites for hydroxylation is 1. The number of primary amides is 1. The van der Waals surface area contributed by atoms with Gasteiger partial charge < -0.3 is 5.73 Å². The van der Waals surface area contributed by atoms with E-state index in [4.69, 9.17) is 5.73 Å². The van der Waals surface area contributed by atoms with Gasteiger partial charge in [0.25, 0.3) is 0 Å². The van der Waals surface area contributed by atoms with Crippen LogP contribution >= 0.6 is 7.92 Å². The van der Waals surface area contributed by atoms with Gasteiger partial charge in [0, 0.05) is 0 Å². The minimum absolute atomic E-state index is 0.379. The number of carbonyl (C=O) groups is 1. The average Bonchev–Trinajstić information content (AvgIpc) is 2.66. The lowest BCUT2D eigenvalue weighted by Gasteiger charge is -2.23. The van der Waals surface area contributed by atoms with Gasteiger partial charge in [0.1, 0.15) is 0 Å². The van der Waals surface area contributed by atoms with Crippen LogP contribution in [0.4, 0.5) is 0 Å². The van der Waals surface area contributed by atoms with Crippen molar-refractivity contribution < 1.29 is 4.79 Å². The fourth-order valence-electron chi connectivity index (χ4n) is 3.12. The topological polar surface area (TPSA) is 43.1 Å². The molecular weight excluding hydrogens is 337 g/mol. The number of hydrogen-bond donors (Lipinski definition) is 1. The highest BCUT2D eigenvalue weighted by Gasteiger charge is 2.24. The summed E-state index contributed by atoms with van der Waals surface area (Å²) in [6, 6.07) is 24.8. The third-order valence-electron chi connectivity index (χ3n) is 4.29. The van der Waals surface area contributed by atoms with E-state index in [-0.39, 0.29) is 5.91 Å². The summed E-state index contributed by atoms with van der Waals surface area (Å²) in [5.41, 5.74) is 8.44. The van der Waals surface area contributed by atoms with E-state index in [1.807, 2.05) is 62.4 Å². The fourth-order valence-corrected chi connectivity index (χ4v) is 5.59. The van der Waals surface area contributed by atoms with Crippen LogP contribution in [0.25, 0.3) is 6.08 Å². The first-order chi connectivity index (χ1) is 12.6. The van der Waals surface area contributed by atoms with Crippen LogP contribution in [0.15, 0.2) is 78.9 Å². The van der Waals surface area contributed by atoms with Crippen molar-refractivity contribution >= 4 is 35.8 Å². The van der Waals surface area contributed by atoms with Gasteiger partial charge in [-0.05, 0) is 48.8 Å². The zero-order chi connectivity index (χ0) is 18.5. The molecule has 0 radical (unpaired) electrons. The van der Waals surface area contributed by atoms with Crippen molar-refractivity contribution in [3.63, 3.8) is 0 Å². The second-order valence-corrected chi connectivity index (χ2v) is 8.25. The summed E-state index contributed by atoms with van der Waals surface area (Å²) in [5.74, 6) is -0.379. The SMILES string of the molecule is C/C=C/c1c(C)ccc(P(c2ccccc2)c2ccccc2)c1C(N)=O. The Labute approximate surface area is 156 Å². The summed E-state index contributed by atoms with van der Waals surface area (Å²) in [6.07, 6.45) is 3.92. The maximum atomic E-state index is 12.4. The predicted molar refractivity (Wildman–Crippen MR) is 113 cm³/mol. The molecule has 0 saturated carbocycles. The Balaban J connectivity index is 2.32. The molecule has 3 rings (SSSR count). The van der Waals surface area contributed by atoms with E-state index in [9.17, 15) is 4.79 Å². The quantitative estimate of drug-likeness (QED) is 0.690. The summed E-state index contributed by atoms with van der Waals surface area (Å²) in [6.45, 7) is 3.97. The number of carbonyl (C=O) groups excluding carboxylic acids is 1. The van der Waals surface area contributed by atoms with Crippen molar-refractivity contribution in [1.29, 1.82) is 0 Å². The summed E-state index contributed by atoms with van der Waals surface area (Å²) in [5, 5.41) is 3.40. The molecule has 0 saturated heterocycles. The van der Waals surface area contributed by atoms with Crippen molar-refractivity contribution in [3.05, 3.63) is 95.6 Å². The zero-order valence-electron chi connectivity index (χ0n) is 15.0. The van der Waals surface area contributed by atoms with Gasteiger partial charge in [-0.1, -0.05) is 84.9 Å². The Kier molecular flexibility index (Phi) is 5.65. The zero-order valence-corrected chi connectivity index (χ0v) is 15.9. The Bertz CT molecular complexity index is 894. The lowest BCUT2D eigenvalue weighted by atomic mass is 10.0. The molecule has 26 heavy (non-hydrogen) atoms. The molecule has 3 aromatic carbocycles. The monoisotopic (exact) mass is 359 g/mol. The van der Waals surface area contributed by atoms with Crippen LogP contribution in [0.3, 0.4) is 0 Å². The molecule has 2 N–H and O–H groups in total. The lowest BCUT2D eigenvalue weighted by molar-refractivity contribution is 0.100. The van der Waals surface area contributed by atoms with Gasteiger partial charge in [0.2, 0.25) is 5.91 Å². The highest BCUT2D eigenvalue weighted by atomic mass is 31.1. The Morgan fingerprint density at radius 3 is 1.88 bits per heavy atom. The molecule has 0 aromatic heterocycles. The smallest absolute Gasteiger partial charge is 0.249 e. The van der Waals surface area contributed by atoms with Crippen molar-refractivity contribution in [2.24, 2.45) is 5.73 Å². The average molecular weight is 359 g/mol. The van der Waals surface area contributed by atoms with E-state index < -0.39 is 7.92 Å². The van der Waals surface area contributed by atoms with Crippen molar-refractivity contribution in [1.82, 2.24) is 0 Å². The molecule has 0 aliphatic rings. The molecule has 0 fully saturated rings. The van der Waals surface area contributed by atoms with E-state index in [1.54, 1.807) is 0 Å². The highest BCUT2D eigenvalue weighted by Crippen LogP contribution is 2.35. The number of hydrogen-bond acceptors (Lipinski definition) is 1. The number of benzene rings is 3. The van der Waals surface area contributed by atoms with Crippen molar-refractivity contribution in [2.45, 2.75) is 13.8 Å². The van der Waals surface area contributed by atoms with Gasteiger partial charge in [-0.3, -0.25) is 4.79 Å². The van der Waals surface area contributed by atoms with Crippen molar-refractivity contribution in [3.8, 4) is 0 Å². The van der Waals surface area contributed by atoms with Gasteiger partial charge in [-0.25, -0.2) is 0 Å². The van der Waals surface area contributed by atoms with E-state index in [1.165, 1.54) is 10.6 Å². The maximum absolute atomic E-state index is 12.4. The van der Waals surface area contributed by atoms with E-state index in [2.05, 4.69) is 36.4 Å². The minimum atomic E-state index is -0.873. The molecule has 3 aromatic rings. The summed E-state index contributed by atoms with van der Waals surface area (Å²) < 4.78 is 0. The lowest BCUT2D eigenvalue weighted by Crippen LogP contribution is -2.29. The van der Waals surface area contributed by atoms with E-state index >= 15 is 0 Å². The predicted octanol–water partition coefficient (Wildman–Crippen LogP) is 3.89. The first kappa shape index (κ1) is 18.1. The summed E-state index contributed by atoms with van der Waals surface area (Å²) in [7, 11) is -0.873. The Morgan fingerprint density at radius 2 is 1.42 bits per heavy atom. The molecule has 130 valence electrons. The number of allylic oxidation sites excluding steroid dienone is 1. The number of rotatable bonds is 5. The highest BCUT2D eigenvalue weighted by molar-refractivity contribution is 7.80. The fraction of sp³-hybridized carbons (Fsp3) is 0.0870. The first-order valence-electron chi connectivity index (χ1n) is 8.60. The molecule has 3 heteroatoms. The van der Waals surface area contributed by atoms with Gasteiger partial charge in [0.15, 0.2) is 0 Å². The number of nitrogens with two attached hydrogens (primary N) is 1. The molecule has 2 nitrogen and oxygen atoms in total.